The van der Waals surface area contributed by atoms with Gasteiger partial charge in [0.1, 0.15) is 0 Å². The Kier molecular flexibility index (Phi) is 10.8. The summed E-state index contributed by atoms with van der Waals surface area (Å²) in [5.74, 6) is -0.780. The van der Waals surface area contributed by atoms with Crippen molar-refractivity contribution in [2.24, 2.45) is 11.8 Å². The van der Waals surface area contributed by atoms with E-state index in [0.717, 1.165) is 11.1 Å². The van der Waals surface area contributed by atoms with E-state index in [1.807, 2.05) is 76.2 Å². The molecule has 3 rings (SSSR count). The number of rotatable bonds is 12. The van der Waals surface area contributed by atoms with Crippen LogP contribution in [0.2, 0.25) is 5.02 Å². The molecule has 1 aliphatic rings. The van der Waals surface area contributed by atoms with E-state index in [1.54, 1.807) is 6.07 Å². The molecule has 39 heavy (non-hydrogen) atoms. The molecule has 0 saturated carbocycles. The van der Waals surface area contributed by atoms with Gasteiger partial charge in [-0.2, -0.15) is 0 Å². The third kappa shape index (κ3) is 8.44. The summed E-state index contributed by atoms with van der Waals surface area (Å²) >= 11 is 6.28. The average Bonchev–Trinajstić information content (AvgIpc) is 3.30. The fraction of sp³-hybridized carbons (Fsp3) is 0.500. The van der Waals surface area contributed by atoms with E-state index in [1.165, 1.54) is 0 Å². The maximum atomic E-state index is 13.3. The van der Waals surface area contributed by atoms with Gasteiger partial charge in [-0.3, -0.25) is 9.59 Å². The molecular formula is C30H40ClN3O5. The number of carbonyl (C=O) groups is 3. The fourth-order valence-electron chi connectivity index (χ4n) is 4.99. The molecule has 1 unspecified atom stereocenters. The number of carbonyl (C=O) groups excluding carboxylic acids is 3. The SMILES string of the molecule is CC(C)C[C@H](OC(=O)NC(c1ccccc1)C(C)(C)c1cccc(Cl)c1)C(=O)N[C@H](CO)C[C@@H]1CCNC1=O. The first-order valence-electron chi connectivity index (χ1n) is 13.5. The minimum Gasteiger partial charge on any atom is -0.436 e. The number of benzene rings is 2. The van der Waals surface area contributed by atoms with Crippen LogP contribution < -0.4 is 16.0 Å². The maximum Gasteiger partial charge on any atom is 0.408 e. The summed E-state index contributed by atoms with van der Waals surface area (Å²) in [6.45, 7) is 8.16. The molecule has 8 nitrogen and oxygen atoms in total. The van der Waals surface area contributed by atoms with Crippen molar-refractivity contribution >= 4 is 29.5 Å². The second-order valence-corrected chi connectivity index (χ2v) is 11.6. The number of hydrogen-bond donors (Lipinski definition) is 4. The first-order valence-corrected chi connectivity index (χ1v) is 13.9. The van der Waals surface area contributed by atoms with Crippen LogP contribution in [0.4, 0.5) is 4.79 Å². The van der Waals surface area contributed by atoms with Crippen molar-refractivity contribution < 1.29 is 24.2 Å². The molecule has 4 N–H and O–H groups in total. The number of hydrogen-bond acceptors (Lipinski definition) is 5. The minimum atomic E-state index is -1.07. The van der Waals surface area contributed by atoms with Gasteiger partial charge in [0.25, 0.3) is 5.91 Å². The Hall–Kier alpha value is -3.10. The Morgan fingerprint density at radius 1 is 1.13 bits per heavy atom. The Morgan fingerprint density at radius 2 is 1.85 bits per heavy atom. The first-order chi connectivity index (χ1) is 18.5. The van der Waals surface area contributed by atoms with Crippen LogP contribution in [-0.4, -0.2) is 48.3 Å². The molecule has 0 bridgehead atoms. The fourth-order valence-corrected chi connectivity index (χ4v) is 5.18. The van der Waals surface area contributed by atoms with Gasteiger partial charge in [0.15, 0.2) is 6.10 Å². The van der Waals surface area contributed by atoms with Crippen molar-refractivity contribution in [3.8, 4) is 0 Å². The van der Waals surface area contributed by atoms with Crippen molar-refractivity contribution in [2.45, 2.75) is 70.6 Å². The number of nitrogens with one attached hydrogen (secondary N) is 3. The van der Waals surface area contributed by atoms with E-state index in [-0.39, 0.29) is 24.3 Å². The number of aliphatic hydroxyl groups excluding tert-OH is 1. The molecule has 2 aromatic carbocycles. The van der Waals surface area contributed by atoms with Crippen molar-refractivity contribution in [1.29, 1.82) is 0 Å². The van der Waals surface area contributed by atoms with Crippen molar-refractivity contribution in [3.63, 3.8) is 0 Å². The number of amides is 3. The summed E-state index contributed by atoms with van der Waals surface area (Å²) in [5.41, 5.74) is 1.23. The number of alkyl carbamates (subject to hydrolysis) is 1. The molecule has 1 saturated heterocycles. The largest absolute Gasteiger partial charge is 0.436 e. The molecule has 0 aromatic heterocycles. The van der Waals surface area contributed by atoms with Crippen LogP contribution in [0.25, 0.3) is 0 Å². The van der Waals surface area contributed by atoms with Crippen molar-refractivity contribution in [1.82, 2.24) is 16.0 Å². The van der Waals surface area contributed by atoms with Gasteiger partial charge in [0, 0.05) is 22.9 Å². The second-order valence-electron chi connectivity index (χ2n) is 11.1. The minimum absolute atomic E-state index is 0.0644. The lowest BCUT2D eigenvalue weighted by Gasteiger charge is -2.36. The Labute approximate surface area is 235 Å². The monoisotopic (exact) mass is 557 g/mol. The first kappa shape index (κ1) is 30.4. The van der Waals surface area contributed by atoms with Gasteiger partial charge in [-0.15, -0.1) is 0 Å². The summed E-state index contributed by atoms with van der Waals surface area (Å²) in [6, 6.07) is 16.0. The summed E-state index contributed by atoms with van der Waals surface area (Å²) in [5, 5.41) is 19.0. The molecule has 2 aromatic rings. The third-order valence-electron chi connectivity index (χ3n) is 7.21. The Morgan fingerprint density at radius 3 is 2.44 bits per heavy atom. The lowest BCUT2D eigenvalue weighted by Crippen LogP contribution is -2.48. The molecule has 0 aliphatic carbocycles. The van der Waals surface area contributed by atoms with E-state index in [9.17, 15) is 19.5 Å². The predicted octanol–water partition coefficient (Wildman–Crippen LogP) is 4.50. The molecule has 0 spiro atoms. The zero-order valence-corrected chi connectivity index (χ0v) is 23.8. The normalized spacial score (nSPS) is 17.7. The number of aliphatic hydroxyl groups is 1. The van der Waals surface area contributed by atoms with Gasteiger partial charge in [-0.1, -0.05) is 81.8 Å². The molecule has 0 radical (unpaired) electrons. The molecule has 1 fully saturated rings. The zero-order chi connectivity index (χ0) is 28.6. The van der Waals surface area contributed by atoms with Crippen LogP contribution in [0.15, 0.2) is 54.6 Å². The highest BCUT2D eigenvalue weighted by Crippen LogP contribution is 2.38. The van der Waals surface area contributed by atoms with Crippen LogP contribution in [0, 0.1) is 11.8 Å². The second kappa shape index (κ2) is 13.8. The van der Waals surface area contributed by atoms with Crippen LogP contribution in [-0.2, 0) is 19.7 Å². The van der Waals surface area contributed by atoms with Gasteiger partial charge in [0.05, 0.1) is 18.7 Å². The lowest BCUT2D eigenvalue weighted by atomic mass is 9.75. The van der Waals surface area contributed by atoms with Gasteiger partial charge < -0.3 is 25.8 Å². The molecule has 4 atom stereocenters. The number of ether oxygens (including phenoxy) is 1. The highest BCUT2D eigenvalue weighted by molar-refractivity contribution is 6.30. The maximum absolute atomic E-state index is 13.3. The van der Waals surface area contributed by atoms with Gasteiger partial charge >= 0.3 is 6.09 Å². The topological polar surface area (TPSA) is 117 Å². The third-order valence-corrected chi connectivity index (χ3v) is 7.45. The molecule has 3 amide bonds. The predicted molar refractivity (Wildman–Crippen MR) is 151 cm³/mol. The van der Waals surface area contributed by atoms with Gasteiger partial charge in [-0.05, 0) is 48.4 Å². The summed E-state index contributed by atoms with van der Waals surface area (Å²) in [6.07, 6.45) is -0.520. The summed E-state index contributed by atoms with van der Waals surface area (Å²) in [4.78, 5) is 38.5. The van der Waals surface area contributed by atoms with Crippen molar-refractivity contribution in [2.75, 3.05) is 13.2 Å². The van der Waals surface area contributed by atoms with E-state index in [4.69, 9.17) is 16.3 Å². The van der Waals surface area contributed by atoms with Crippen LogP contribution >= 0.6 is 11.6 Å². The molecule has 1 aliphatic heterocycles. The molecule has 9 heteroatoms. The Bertz CT molecular complexity index is 1120. The zero-order valence-electron chi connectivity index (χ0n) is 23.1. The quantitative estimate of drug-likeness (QED) is 0.306. The molecule has 212 valence electrons. The van der Waals surface area contributed by atoms with E-state index in [2.05, 4.69) is 16.0 Å². The highest BCUT2D eigenvalue weighted by Gasteiger charge is 2.36. The Balaban J connectivity index is 1.77. The van der Waals surface area contributed by atoms with Gasteiger partial charge in [0.2, 0.25) is 5.91 Å². The summed E-state index contributed by atoms with van der Waals surface area (Å²) in [7, 11) is 0. The van der Waals surface area contributed by atoms with E-state index < -0.39 is 35.6 Å². The van der Waals surface area contributed by atoms with Crippen LogP contribution in [0.5, 0.6) is 0 Å². The van der Waals surface area contributed by atoms with E-state index in [0.29, 0.717) is 30.8 Å². The van der Waals surface area contributed by atoms with Gasteiger partial charge in [-0.25, -0.2) is 4.79 Å². The van der Waals surface area contributed by atoms with Crippen molar-refractivity contribution in [3.05, 3.63) is 70.7 Å². The number of halogens is 1. The average molecular weight is 558 g/mol. The van der Waals surface area contributed by atoms with Crippen LogP contribution in [0.1, 0.15) is 64.1 Å². The lowest BCUT2D eigenvalue weighted by molar-refractivity contribution is -0.132. The standard InChI is InChI=1S/C30H40ClN3O5/c1-19(2)15-25(28(37)33-24(18-35)16-21-13-14-32-27(21)36)39-29(38)34-26(20-9-6-5-7-10-20)30(3,4)22-11-8-12-23(31)17-22/h5-12,17,19,21,24-26,35H,13-16,18H2,1-4H3,(H,32,36)(H,33,37)(H,34,38)/t21-,24-,25-,26?/m0/s1. The smallest absolute Gasteiger partial charge is 0.408 e. The molecular weight excluding hydrogens is 518 g/mol. The molecule has 1 heterocycles. The highest BCUT2D eigenvalue weighted by atomic mass is 35.5. The summed E-state index contributed by atoms with van der Waals surface area (Å²) < 4.78 is 5.72. The van der Waals surface area contributed by atoms with E-state index >= 15 is 0 Å². The van der Waals surface area contributed by atoms with Crippen LogP contribution in [0.3, 0.4) is 0 Å².